The van der Waals surface area contributed by atoms with Crippen LogP contribution in [-0.2, 0) is 17.8 Å². The molecule has 3 rings (SSSR count). The Labute approximate surface area is 133 Å². The Morgan fingerprint density at radius 2 is 1.87 bits per heavy atom. The number of amides is 2. The summed E-state index contributed by atoms with van der Waals surface area (Å²) in [5.41, 5.74) is 2.62. The van der Waals surface area contributed by atoms with Crippen molar-refractivity contribution in [2.75, 3.05) is 13.1 Å². The van der Waals surface area contributed by atoms with E-state index in [1.807, 2.05) is 18.2 Å². The maximum atomic E-state index is 13.1. The zero-order chi connectivity index (χ0) is 16.2. The number of rotatable bonds is 3. The molecule has 0 bridgehead atoms. The van der Waals surface area contributed by atoms with E-state index in [0.717, 1.165) is 18.1 Å². The van der Waals surface area contributed by atoms with Crippen LogP contribution in [0.3, 0.4) is 0 Å². The van der Waals surface area contributed by atoms with E-state index >= 15 is 0 Å². The van der Waals surface area contributed by atoms with Gasteiger partial charge >= 0.3 is 0 Å². The molecular weight excluding hydrogens is 295 g/mol. The van der Waals surface area contributed by atoms with Gasteiger partial charge in [-0.3, -0.25) is 9.59 Å². The number of carbonyl (C=O) groups is 2. The molecular formula is C18H17FN2O2. The zero-order valence-electron chi connectivity index (χ0n) is 12.6. The highest BCUT2D eigenvalue weighted by molar-refractivity contribution is 5.96. The maximum absolute atomic E-state index is 13.1. The number of benzene rings is 2. The van der Waals surface area contributed by atoms with Crippen LogP contribution in [0.15, 0.2) is 48.5 Å². The van der Waals surface area contributed by atoms with Crippen molar-refractivity contribution in [2.45, 2.75) is 13.0 Å². The molecule has 0 saturated heterocycles. The SMILES string of the molecule is O=C(NCC(=O)N1CCc2ccccc2C1)c1cccc(F)c1. The van der Waals surface area contributed by atoms with Crippen molar-refractivity contribution in [1.82, 2.24) is 10.2 Å². The predicted molar refractivity (Wildman–Crippen MR) is 84.3 cm³/mol. The molecule has 0 aromatic heterocycles. The Morgan fingerprint density at radius 1 is 1.09 bits per heavy atom. The van der Waals surface area contributed by atoms with E-state index in [-0.39, 0.29) is 18.0 Å². The van der Waals surface area contributed by atoms with Crippen molar-refractivity contribution in [2.24, 2.45) is 0 Å². The topological polar surface area (TPSA) is 49.4 Å². The first-order valence-corrected chi connectivity index (χ1v) is 7.52. The quantitative estimate of drug-likeness (QED) is 0.944. The van der Waals surface area contributed by atoms with Crippen molar-refractivity contribution >= 4 is 11.8 Å². The van der Waals surface area contributed by atoms with Crippen LogP contribution < -0.4 is 5.32 Å². The summed E-state index contributed by atoms with van der Waals surface area (Å²) in [6.45, 7) is 1.12. The summed E-state index contributed by atoms with van der Waals surface area (Å²) in [6, 6.07) is 13.4. The smallest absolute Gasteiger partial charge is 0.251 e. The molecule has 1 aliphatic rings. The average Bonchev–Trinajstić information content (AvgIpc) is 2.59. The third kappa shape index (κ3) is 3.56. The van der Waals surface area contributed by atoms with E-state index in [0.29, 0.717) is 13.1 Å². The molecule has 4 nitrogen and oxygen atoms in total. The van der Waals surface area contributed by atoms with Crippen LogP contribution in [0, 0.1) is 5.82 Å². The molecule has 0 aliphatic carbocycles. The Balaban J connectivity index is 1.57. The fourth-order valence-electron chi connectivity index (χ4n) is 2.71. The van der Waals surface area contributed by atoms with Crippen LogP contribution >= 0.6 is 0 Å². The minimum Gasteiger partial charge on any atom is -0.343 e. The summed E-state index contributed by atoms with van der Waals surface area (Å²) >= 11 is 0. The number of hydrogen-bond donors (Lipinski definition) is 1. The summed E-state index contributed by atoms with van der Waals surface area (Å²) in [6.07, 6.45) is 0.819. The maximum Gasteiger partial charge on any atom is 0.251 e. The van der Waals surface area contributed by atoms with Gasteiger partial charge in [0.25, 0.3) is 5.91 Å². The zero-order valence-corrected chi connectivity index (χ0v) is 12.6. The van der Waals surface area contributed by atoms with Gasteiger partial charge in [0.15, 0.2) is 0 Å². The van der Waals surface area contributed by atoms with Crippen LogP contribution in [0.2, 0.25) is 0 Å². The molecule has 0 atom stereocenters. The van der Waals surface area contributed by atoms with E-state index in [1.165, 1.54) is 23.8 Å². The van der Waals surface area contributed by atoms with Gasteiger partial charge in [-0.05, 0) is 35.7 Å². The largest absolute Gasteiger partial charge is 0.343 e. The van der Waals surface area contributed by atoms with Gasteiger partial charge in [0, 0.05) is 18.7 Å². The Morgan fingerprint density at radius 3 is 2.65 bits per heavy atom. The molecule has 2 aromatic rings. The number of halogens is 1. The molecule has 1 aliphatic heterocycles. The molecule has 1 N–H and O–H groups in total. The molecule has 5 heteroatoms. The van der Waals surface area contributed by atoms with Gasteiger partial charge in [-0.25, -0.2) is 4.39 Å². The lowest BCUT2D eigenvalue weighted by Crippen LogP contribution is -2.42. The van der Waals surface area contributed by atoms with Gasteiger partial charge < -0.3 is 10.2 Å². The first-order chi connectivity index (χ1) is 11.1. The Hall–Kier alpha value is -2.69. The summed E-state index contributed by atoms with van der Waals surface area (Å²) in [5.74, 6) is -1.06. The number of nitrogens with one attached hydrogen (secondary N) is 1. The molecule has 2 aromatic carbocycles. The van der Waals surface area contributed by atoms with Crippen LogP contribution in [0.5, 0.6) is 0 Å². The van der Waals surface area contributed by atoms with E-state index in [1.54, 1.807) is 4.90 Å². The predicted octanol–water partition coefficient (Wildman–Crippen LogP) is 2.14. The van der Waals surface area contributed by atoms with Crippen LogP contribution in [0.1, 0.15) is 21.5 Å². The molecule has 1 heterocycles. The fourth-order valence-corrected chi connectivity index (χ4v) is 2.71. The number of nitrogens with zero attached hydrogens (tertiary/aromatic N) is 1. The normalized spacial score (nSPS) is 13.3. The highest BCUT2D eigenvalue weighted by Crippen LogP contribution is 2.18. The monoisotopic (exact) mass is 312 g/mol. The highest BCUT2D eigenvalue weighted by Gasteiger charge is 2.20. The highest BCUT2D eigenvalue weighted by atomic mass is 19.1. The average molecular weight is 312 g/mol. The van der Waals surface area contributed by atoms with Crippen LogP contribution in [-0.4, -0.2) is 29.8 Å². The van der Waals surface area contributed by atoms with Crippen LogP contribution in [0.4, 0.5) is 4.39 Å². The molecule has 0 spiro atoms. The minimum atomic E-state index is -0.475. The van der Waals surface area contributed by atoms with Crippen molar-refractivity contribution in [3.8, 4) is 0 Å². The third-order valence-corrected chi connectivity index (χ3v) is 3.97. The standard InChI is InChI=1S/C18H17FN2O2/c19-16-7-3-6-14(10-16)18(23)20-11-17(22)21-9-8-13-4-1-2-5-15(13)12-21/h1-7,10H,8-9,11-12H2,(H,20,23). The molecule has 0 unspecified atom stereocenters. The van der Waals surface area contributed by atoms with Gasteiger partial charge in [0.2, 0.25) is 5.91 Å². The second-order valence-corrected chi connectivity index (χ2v) is 5.53. The second kappa shape index (κ2) is 6.60. The van der Waals surface area contributed by atoms with E-state index in [9.17, 15) is 14.0 Å². The lowest BCUT2D eigenvalue weighted by molar-refractivity contribution is -0.131. The van der Waals surface area contributed by atoms with Gasteiger partial charge in [-0.2, -0.15) is 0 Å². The summed E-state index contributed by atoms with van der Waals surface area (Å²) in [4.78, 5) is 25.9. The molecule has 118 valence electrons. The Kier molecular flexibility index (Phi) is 4.37. The lowest BCUT2D eigenvalue weighted by Gasteiger charge is -2.29. The molecule has 0 saturated carbocycles. The van der Waals surface area contributed by atoms with Crippen molar-refractivity contribution in [3.63, 3.8) is 0 Å². The fraction of sp³-hybridized carbons (Fsp3) is 0.222. The minimum absolute atomic E-state index is 0.0858. The van der Waals surface area contributed by atoms with E-state index in [4.69, 9.17) is 0 Å². The van der Waals surface area contributed by atoms with Gasteiger partial charge in [0.1, 0.15) is 5.82 Å². The van der Waals surface area contributed by atoms with Gasteiger partial charge in [0.05, 0.1) is 6.54 Å². The third-order valence-electron chi connectivity index (χ3n) is 3.97. The first-order valence-electron chi connectivity index (χ1n) is 7.52. The number of fused-ring (bicyclic) bond motifs is 1. The summed E-state index contributed by atoms with van der Waals surface area (Å²) in [7, 11) is 0. The Bertz CT molecular complexity index is 745. The molecule has 2 amide bonds. The van der Waals surface area contributed by atoms with Crippen LogP contribution in [0.25, 0.3) is 0 Å². The summed E-state index contributed by atoms with van der Waals surface area (Å²) in [5, 5.41) is 2.55. The summed E-state index contributed by atoms with van der Waals surface area (Å²) < 4.78 is 13.1. The van der Waals surface area contributed by atoms with E-state index in [2.05, 4.69) is 11.4 Å². The molecule has 0 radical (unpaired) electrons. The lowest BCUT2D eigenvalue weighted by atomic mass is 10.00. The van der Waals surface area contributed by atoms with Gasteiger partial charge in [-0.1, -0.05) is 30.3 Å². The van der Waals surface area contributed by atoms with Gasteiger partial charge in [-0.15, -0.1) is 0 Å². The van der Waals surface area contributed by atoms with Crippen molar-refractivity contribution in [3.05, 3.63) is 71.0 Å². The molecule has 23 heavy (non-hydrogen) atoms. The number of hydrogen-bond acceptors (Lipinski definition) is 2. The second-order valence-electron chi connectivity index (χ2n) is 5.53. The van der Waals surface area contributed by atoms with Crippen molar-refractivity contribution < 1.29 is 14.0 Å². The number of carbonyl (C=O) groups excluding carboxylic acids is 2. The molecule has 0 fully saturated rings. The first kappa shape index (κ1) is 15.2. The van der Waals surface area contributed by atoms with E-state index < -0.39 is 11.7 Å². The van der Waals surface area contributed by atoms with Crippen molar-refractivity contribution in [1.29, 1.82) is 0 Å².